The molecule has 0 aliphatic carbocycles. The van der Waals surface area contributed by atoms with Gasteiger partial charge < -0.3 is 10.2 Å². The Kier molecular flexibility index (Phi) is 5.30. The number of carbonyl (C=O) groups is 1. The van der Waals surface area contributed by atoms with Crippen molar-refractivity contribution in [2.24, 2.45) is 0 Å². The molecule has 1 amide bonds. The first-order chi connectivity index (χ1) is 14.5. The molecule has 0 atom stereocenters. The lowest BCUT2D eigenvalue weighted by Gasteiger charge is -2.13. The van der Waals surface area contributed by atoms with Crippen LogP contribution in [0.15, 0.2) is 83.7 Å². The Hall–Kier alpha value is -3.93. The van der Waals surface area contributed by atoms with Gasteiger partial charge in [-0.05, 0) is 47.2 Å². The molecule has 0 radical (unpaired) electrons. The van der Waals surface area contributed by atoms with Gasteiger partial charge in [-0.1, -0.05) is 36.4 Å². The molecule has 0 fully saturated rings. The van der Waals surface area contributed by atoms with E-state index in [9.17, 15) is 9.59 Å². The molecule has 0 saturated carbocycles. The van der Waals surface area contributed by atoms with Crippen molar-refractivity contribution in [3.63, 3.8) is 0 Å². The van der Waals surface area contributed by atoms with Crippen LogP contribution in [0.2, 0.25) is 0 Å². The second-order valence-electron chi connectivity index (χ2n) is 7.27. The lowest BCUT2D eigenvalue weighted by molar-refractivity contribution is -0.117. The number of rotatable bonds is 5. The predicted octanol–water partition coefficient (Wildman–Crippen LogP) is 3.77. The highest BCUT2D eigenvalue weighted by molar-refractivity contribution is 5.90. The average Bonchev–Trinajstić information content (AvgIpc) is 2.75. The maximum atomic E-state index is 12.5. The van der Waals surface area contributed by atoms with Crippen LogP contribution in [-0.2, 0) is 11.3 Å². The van der Waals surface area contributed by atoms with Gasteiger partial charge >= 0.3 is 0 Å². The van der Waals surface area contributed by atoms with Gasteiger partial charge in [0.05, 0.1) is 5.69 Å². The molecule has 6 nitrogen and oxygen atoms in total. The Morgan fingerprint density at radius 1 is 0.933 bits per heavy atom. The van der Waals surface area contributed by atoms with Gasteiger partial charge in [0.2, 0.25) is 5.91 Å². The summed E-state index contributed by atoms with van der Waals surface area (Å²) in [6.07, 6.45) is 0. The van der Waals surface area contributed by atoms with Gasteiger partial charge in [-0.2, -0.15) is 5.10 Å². The Labute approximate surface area is 174 Å². The second-order valence-corrected chi connectivity index (χ2v) is 7.27. The van der Waals surface area contributed by atoms with Crippen LogP contribution in [0.1, 0.15) is 0 Å². The van der Waals surface area contributed by atoms with Gasteiger partial charge in [0.25, 0.3) is 5.56 Å². The average molecular weight is 398 g/mol. The smallest absolute Gasteiger partial charge is 0.267 e. The molecule has 4 aromatic rings. The minimum Gasteiger partial charge on any atom is -0.378 e. The molecule has 0 bridgehead atoms. The molecular weight excluding hydrogens is 376 g/mol. The molecule has 0 spiro atoms. The minimum absolute atomic E-state index is 0.157. The first kappa shape index (κ1) is 19.4. The highest BCUT2D eigenvalue weighted by Crippen LogP contribution is 2.22. The molecule has 0 unspecified atom stereocenters. The van der Waals surface area contributed by atoms with Crippen molar-refractivity contribution in [1.29, 1.82) is 0 Å². The van der Waals surface area contributed by atoms with Gasteiger partial charge in [-0.15, -0.1) is 0 Å². The maximum absolute atomic E-state index is 12.5. The van der Waals surface area contributed by atoms with Crippen LogP contribution in [-0.4, -0.2) is 29.8 Å². The van der Waals surface area contributed by atoms with Crippen molar-refractivity contribution in [2.45, 2.75) is 6.54 Å². The SMILES string of the molecule is CN(C)c1ccc(NC(=O)Cn2nc(-c3ccc4ccccc4c3)ccc2=O)cc1. The maximum Gasteiger partial charge on any atom is 0.267 e. The number of nitrogens with zero attached hydrogens (tertiary/aromatic N) is 3. The molecule has 1 heterocycles. The number of carbonyl (C=O) groups excluding carboxylic acids is 1. The molecule has 30 heavy (non-hydrogen) atoms. The summed E-state index contributed by atoms with van der Waals surface area (Å²) in [5.74, 6) is -0.308. The van der Waals surface area contributed by atoms with E-state index in [1.54, 1.807) is 6.07 Å². The molecule has 3 aromatic carbocycles. The standard InChI is InChI=1S/C24H22N4O2/c1-27(2)21-11-9-20(10-12-21)25-23(29)16-28-24(30)14-13-22(26-28)19-8-7-17-5-3-4-6-18(17)15-19/h3-15H,16H2,1-2H3,(H,25,29). The highest BCUT2D eigenvalue weighted by atomic mass is 16.2. The fourth-order valence-corrected chi connectivity index (χ4v) is 3.24. The molecule has 1 aromatic heterocycles. The Bertz CT molecular complexity index is 1260. The number of anilines is 2. The van der Waals surface area contributed by atoms with Crippen molar-refractivity contribution in [1.82, 2.24) is 9.78 Å². The molecule has 0 aliphatic heterocycles. The zero-order valence-corrected chi connectivity index (χ0v) is 16.9. The van der Waals surface area contributed by atoms with E-state index in [-0.39, 0.29) is 18.0 Å². The second kappa shape index (κ2) is 8.21. The highest BCUT2D eigenvalue weighted by Gasteiger charge is 2.09. The van der Waals surface area contributed by atoms with E-state index in [2.05, 4.69) is 10.4 Å². The van der Waals surface area contributed by atoms with E-state index in [0.717, 1.165) is 22.0 Å². The van der Waals surface area contributed by atoms with Gasteiger partial charge in [0.15, 0.2) is 0 Å². The summed E-state index contributed by atoms with van der Waals surface area (Å²) in [5.41, 5.74) is 2.92. The van der Waals surface area contributed by atoms with Gasteiger partial charge in [0, 0.05) is 37.1 Å². The first-order valence-electron chi connectivity index (χ1n) is 9.64. The van der Waals surface area contributed by atoms with Gasteiger partial charge in [0.1, 0.15) is 6.54 Å². The fourth-order valence-electron chi connectivity index (χ4n) is 3.24. The van der Waals surface area contributed by atoms with E-state index >= 15 is 0 Å². The van der Waals surface area contributed by atoms with Crippen LogP contribution in [0.3, 0.4) is 0 Å². The van der Waals surface area contributed by atoms with Crippen LogP contribution in [0.25, 0.3) is 22.0 Å². The van der Waals surface area contributed by atoms with Crippen molar-refractivity contribution in [2.75, 3.05) is 24.3 Å². The first-order valence-corrected chi connectivity index (χ1v) is 9.64. The van der Waals surface area contributed by atoms with E-state index in [1.165, 1.54) is 10.7 Å². The quantitative estimate of drug-likeness (QED) is 0.556. The number of amides is 1. The summed E-state index contributed by atoms with van der Waals surface area (Å²) >= 11 is 0. The number of hydrogen-bond acceptors (Lipinski definition) is 4. The normalized spacial score (nSPS) is 10.7. The number of aromatic nitrogens is 2. The lowest BCUT2D eigenvalue weighted by atomic mass is 10.1. The fraction of sp³-hybridized carbons (Fsp3) is 0.125. The van der Waals surface area contributed by atoms with E-state index in [4.69, 9.17) is 0 Å². The number of fused-ring (bicyclic) bond motifs is 1. The van der Waals surface area contributed by atoms with Crippen LogP contribution in [0.4, 0.5) is 11.4 Å². The van der Waals surface area contributed by atoms with E-state index < -0.39 is 0 Å². The zero-order chi connectivity index (χ0) is 21.1. The van der Waals surface area contributed by atoms with Crippen LogP contribution in [0.5, 0.6) is 0 Å². The molecule has 0 saturated heterocycles. The molecule has 1 N–H and O–H groups in total. The summed E-state index contributed by atoms with van der Waals surface area (Å²) in [6, 6.07) is 24.7. The third-order valence-corrected chi connectivity index (χ3v) is 4.87. The molecule has 6 heteroatoms. The predicted molar refractivity (Wildman–Crippen MR) is 121 cm³/mol. The van der Waals surface area contributed by atoms with Crippen LogP contribution >= 0.6 is 0 Å². The number of benzene rings is 3. The molecule has 0 aliphatic rings. The number of hydrogen-bond donors (Lipinski definition) is 1. The summed E-state index contributed by atoms with van der Waals surface area (Å²) in [5, 5.41) is 9.44. The van der Waals surface area contributed by atoms with Crippen molar-refractivity contribution in [3.8, 4) is 11.3 Å². The van der Waals surface area contributed by atoms with E-state index in [0.29, 0.717) is 11.4 Å². The van der Waals surface area contributed by atoms with Crippen molar-refractivity contribution < 1.29 is 4.79 Å². The van der Waals surface area contributed by atoms with Gasteiger partial charge in [-0.3, -0.25) is 9.59 Å². The topological polar surface area (TPSA) is 67.2 Å². The lowest BCUT2D eigenvalue weighted by Crippen LogP contribution is -2.29. The van der Waals surface area contributed by atoms with Crippen molar-refractivity contribution in [3.05, 3.63) is 89.2 Å². The minimum atomic E-state index is -0.322. The van der Waals surface area contributed by atoms with Crippen LogP contribution < -0.4 is 15.8 Å². The Morgan fingerprint density at radius 2 is 1.67 bits per heavy atom. The third kappa shape index (κ3) is 4.22. The van der Waals surface area contributed by atoms with Gasteiger partial charge in [-0.25, -0.2) is 4.68 Å². The molecule has 150 valence electrons. The summed E-state index contributed by atoms with van der Waals surface area (Å²) in [4.78, 5) is 26.7. The molecule has 4 rings (SSSR count). The monoisotopic (exact) mass is 398 g/mol. The van der Waals surface area contributed by atoms with Crippen molar-refractivity contribution >= 4 is 28.1 Å². The van der Waals surface area contributed by atoms with E-state index in [1.807, 2.05) is 85.7 Å². The number of nitrogens with one attached hydrogen (secondary N) is 1. The summed E-state index contributed by atoms with van der Waals surface area (Å²) in [7, 11) is 3.91. The Balaban J connectivity index is 1.54. The third-order valence-electron chi connectivity index (χ3n) is 4.87. The summed E-state index contributed by atoms with van der Waals surface area (Å²) in [6.45, 7) is -0.157. The largest absolute Gasteiger partial charge is 0.378 e. The summed E-state index contributed by atoms with van der Waals surface area (Å²) < 4.78 is 1.19. The van der Waals surface area contributed by atoms with Crippen LogP contribution in [0, 0.1) is 0 Å². The Morgan fingerprint density at radius 3 is 2.40 bits per heavy atom. The molecular formula is C24H22N4O2. The zero-order valence-electron chi connectivity index (χ0n) is 16.9.